The van der Waals surface area contributed by atoms with Gasteiger partial charge in [-0.1, -0.05) is 44.7 Å². The van der Waals surface area contributed by atoms with Gasteiger partial charge in [-0.25, -0.2) is 4.79 Å². The molecule has 0 amide bonds. The number of hydrogen-bond acceptors (Lipinski definition) is 2. The molecule has 1 saturated carbocycles. The van der Waals surface area contributed by atoms with Crippen molar-refractivity contribution in [3.63, 3.8) is 0 Å². The lowest BCUT2D eigenvalue weighted by atomic mass is 9.77. The highest BCUT2D eigenvalue weighted by molar-refractivity contribution is 5.89. The zero-order valence-electron chi connectivity index (χ0n) is 21.0. The molecule has 0 heterocycles. The zero-order valence-corrected chi connectivity index (χ0v) is 21.0. The second-order valence-corrected chi connectivity index (χ2v) is 9.93. The fraction of sp³-hybridized carbons (Fsp3) is 0.720. The second-order valence-electron chi connectivity index (χ2n) is 9.93. The molecule has 0 spiro atoms. The van der Waals surface area contributed by atoms with E-state index in [-0.39, 0.29) is 5.92 Å². The van der Waals surface area contributed by atoms with Gasteiger partial charge in [0.2, 0.25) is 0 Å². The van der Waals surface area contributed by atoms with Crippen molar-refractivity contribution in [3.8, 4) is 0 Å². The molecule has 1 aromatic carbocycles. The molecule has 1 aromatic rings. The summed E-state index contributed by atoms with van der Waals surface area (Å²) in [6.45, 7) is 1.10. The molecule has 224 valence electrons. The molecule has 2 rings (SSSR count). The van der Waals surface area contributed by atoms with Gasteiger partial charge >= 0.3 is 41.7 Å². The normalized spacial score (nSPS) is 20.2. The van der Waals surface area contributed by atoms with Crippen LogP contribution >= 0.6 is 0 Å². The lowest BCUT2D eigenvalue weighted by molar-refractivity contribution is -0.448. The third-order valence-corrected chi connectivity index (χ3v) is 7.00. The van der Waals surface area contributed by atoms with Gasteiger partial charge in [0.1, 0.15) is 0 Å². The predicted octanol–water partition coefficient (Wildman–Crippen LogP) is 9.49. The number of ether oxygens (including phenoxy) is 1. The van der Waals surface area contributed by atoms with Crippen molar-refractivity contribution in [3.05, 3.63) is 35.4 Å². The van der Waals surface area contributed by atoms with E-state index in [0.29, 0.717) is 11.5 Å². The number of alkyl halides is 12. The standard InChI is InChI=1S/C25H28F12O2/c1-3-4-5-6-15-7-9-16(10-8-15)17-11-13-18(14-12-17)19(38)39-25(36,37)24(34,35)23(32,33)22(30,31)21(28,29)20(2,26)27/h11-16H,3-10H2,1-2H3. The maximum Gasteiger partial charge on any atom is 0.473 e. The van der Waals surface area contributed by atoms with Crippen LogP contribution in [0.4, 0.5) is 52.7 Å². The van der Waals surface area contributed by atoms with Gasteiger partial charge in [0.25, 0.3) is 0 Å². The summed E-state index contributed by atoms with van der Waals surface area (Å²) >= 11 is 0. The molecule has 1 aliphatic rings. The maximum atomic E-state index is 13.9. The molecule has 1 aliphatic carbocycles. The fourth-order valence-electron chi connectivity index (χ4n) is 4.45. The summed E-state index contributed by atoms with van der Waals surface area (Å²) in [5.41, 5.74) is -0.187. The van der Waals surface area contributed by atoms with Crippen LogP contribution in [0.25, 0.3) is 0 Å². The maximum absolute atomic E-state index is 13.9. The van der Waals surface area contributed by atoms with Gasteiger partial charge in [-0.3, -0.25) is 0 Å². The average Bonchev–Trinajstić information content (AvgIpc) is 2.83. The minimum atomic E-state index is -7.79. The molecule has 0 unspecified atom stereocenters. The Balaban J connectivity index is 2.14. The Morgan fingerprint density at radius 1 is 0.744 bits per heavy atom. The summed E-state index contributed by atoms with van der Waals surface area (Å²) in [4.78, 5) is 12.0. The van der Waals surface area contributed by atoms with Crippen molar-refractivity contribution in [2.24, 2.45) is 5.92 Å². The molecule has 0 bridgehead atoms. The first-order chi connectivity index (χ1) is 17.6. The second kappa shape index (κ2) is 11.4. The van der Waals surface area contributed by atoms with Crippen LogP contribution in [0.3, 0.4) is 0 Å². The molecule has 0 aliphatic heterocycles. The highest BCUT2D eigenvalue weighted by atomic mass is 19.4. The Hall–Kier alpha value is -2.15. The van der Waals surface area contributed by atoms with Crippen molar-refractivity contribution in [2.75, 3.05) is 0 Å². The molecule has 1 fully saturated rings. The molecule has 0 atom stereocenters. The van der Waals surface area contributed by atoms with E-state index in [1.165, 1.54) is 12.1 Å². The number of hydrogen-bond donors (Lipinski definition) is 0. The Morgan fingerprint density at radius 3 is 1.69 bits per heavy atom. The summed E-state index contributed by atoms with van der Waals surface area (Å²) in [5, 5.41) is 0. The van der Waals surface area contributed by atoms with Crippen LogP contribution in [0.15, 0.2) is 24.3 Å². The first kappa shape index (κ1) is 33.1. The highest BCUT2D eigenvalue weighted by Crippen LogP contribution is 2.60. The predicted molar refractivity (Wildman–Crippen MR) is 116 cm³/mol. The van der Waals surface area contributed by atoms with E-state index in [0.717, 1.165) is 63.5 Å². The summed E-state index contributed by atoms with van der Waals surface area (Å²) in [7, 11) is 0. The Kier molecular flexibility index (Phi) is 9.65. The van der Waals surface area contributed by atoms with E-state index in [1.54, 1.807) is 0 Å². The van der Waals surface area contributed by atoms with Crippen molar-refractivity contribution in [1.82, 2.24) is 0 Å². The average molecular weight is 588 g/mol. The zero-order chi connectivity index (χ0) is 30.1. The quantitative estimate of drug-likeness (QED) is 0.138. The van der Waals surface area contributed by atoms with Gasteiger partial charge in [0.05, 0.1) is 5.56 Å². The molecule has 0 saturated heterocycles. The number of carbonyl (C=O) groups excluding carboxylic acids is 1. The van der Waals surface area contributed by atoms with Crippen molar-refractivity contribution >= 4 is 5.97 Å². The van der Waals surface area contributed by atoms with Gasteiger partial charge in [-0.15, -0.1) is 0 Å². The van der Waals surface area contributed by atoms with Crippen molar-refractivity contribution < 1.29 is 62.2 Å². The van der Waals surface area contributed by atoms with Crippen LogP contribution in [0.5, 0.6) is 0 Å². The first-order valence-corrected chi connectivity index (χ1v) is 12.2. The first-order valence-electron chi connectivity index (χ1n) is 12.2. The van der Waals surface area contributed by atoms with Crippen LogP contribution in [-0.4, -0.2) is 41.7 Å². The Labute approximate surface area is 217 Å². The van der Waals surface area contributed by atoms with Crippen molar-refractivity contribution in [2.45, 2.75) is 107 Å². The van der Waals surface area contributed by atoms with Crippen LogP contribution in [-0.2, 0) is 4.74 Å². The lowest BCUT2D eigenvalue weighted by Crippen LogP contribution is -2.70. The largest absolute Gasteiger partial charge is 0.473 e. The molecule has 2 nitrogen and oxygen atoms in total. The molecule has 0 N–H and O–H groups in total. The summed E-state index contributed by atoms with van der Waals surface area (Å²) in [5.74, 6) is -38.0. The van der Waals surface area contributed by atoms with Gasteiger partial charge in [0, 0.05) is 6.92 Å². The Bertz CT molecular complexity index is 962. The number of halogens is 12. The van der Waals surface area contributed by atoms with Gasteiger partial charge in [-0.2, -0.15) is 52.7 Å². The van der Waals surface area contributed by atoms with Gasteiger partial charge in [0.15, 0.2) is 0 Å². The van der Waals surface area contributed by atoms with Crippen LogP contribution in [0, 0.1) is 5.92 Å². The number of unbranched alkanes of at least 4 members (excludes halogenated alkanes) is 2. The minimum absolute atomic E-state index is 0.0440. The molecule has 14 heteroatoms. The number of rotatable bonds is 12. The monoisotopic (exact) mass is 588 g/mol. The third-order valence-electron chi connectivity index (χ3n) is 7.00. The number of carbonyl (C=O) groups is 1. The van der Waals surface area contributed by atoms with Crippen LogP contribution in [0.2, 0.25) is 0 Å². The molecule has 0 radical (unpaired) electrons. The van der Waals surface area contributed by atoms with E-state index in [4.69, 9.17) is 0 Å². The van der Waals surface area contributed by atoms with E-state index in [2.05, 4.69) is 11.7 Å². The summed E-state index contributed by atoms with van der Waals surface area (Å²) < 4.78 is 165. The number of benzene rings is 1. The minimum Gasteiger partial charge on any atom is -0.392 e. The van der Waals surface area contributed by atoms with E-state index < -0.39 is 54.2 Å². The van der Waals surface area contributed by atoms with E-state index in [1.807, 2.05) is 0 Å². The topological polar surface area (TPSA) is 26.3 Å². The molecule has 39 heavy (non-hydrogen) atoms. The lowest BCUT2D eigenvalue weighted by Gasteiger charge is -2.39. The van der Waals surface area contributed by atoms with Crippen molar-refractivity contribution in [1.29, 1.82) is 0 Å². The smallest absolute Gasteiger partial charge is 0.392 e. The van der Waals surface area contributed by atoms with E-state index in [9.17, 15) is 57.5 Å². The summed E-state index contributed by atoms with van der Waals surface area (Å²) in [6, 6.07) is 4.30. The summed E-state index contributed by atoms with van der Waals surface area (Å²) in [6.07, 6.45) is 1.07. The van der Waals surface area contributed by atoms with Gasteiger partial charge in [-0.05, 0) is 55.2 Å². The van der Waals surface area contributed by atoms with Gasteiger partial charge < -0.3 is 4.74 Å². The Morgan fingerprint density at radius 2 is 1.23 bits per heavy atom. The van der Waals surface area contributed by atoms with Crippen LogP contribution in [0.1, 0.15) is 87.1 Å². The molecular formula is C25H28F12O2. The fourth-order valence-corrected chi connectivity index (χ4v) is 4.45. The van der Waals surface area contributed by atoms with Crippen LogP contribution < -0.4 is 0 Å². The molecule has 0 aromatic heterocycles. The molecular weight excluding hydrogens is 560 g/mol. The number of esters is 1. The third kappa shape index (κ3) is 6.28. The highest BCUT2D eigenvalue weighted by Gasteiger charge is 2.90. The SMILES string of the molecule is CCCCCC1CCC(c2ccc(C(=O)OC(F)(F)C(F)(F)C(F)(F)C(F)(F)C(F)(F)C(C)(F)F)cc2)CC1. The van der Waals surface area contributed by atoms with E-state index >= 15 is 0 Å².